The lowest BCUT2D eigenvalue weighted by molar-refractivity contribution is -0.119. The van der Waals surface area contributed by atoms with Gasteiger partial charge in [0.05, 0.1) is 7.11 Å². The van der Waals surface area contributed by atoms with Crippen LogP contribution >= 0.6 is 24.0 Å². The van der Waals surface area contributed by atoms with Gasteiger partial charge in [-0.2, -0.15) is 0 Å². The highest BCUT2D eigenvalue weighted by molar-refractivity contribution is 14.0. The Hall–Kier alpha value is -2.29. The van der Waals surface area contributed by atoms with E-state index in [-0.39, 0.29) is 36.4 Å². The van der Waals surface area contributed by atoms with E-state index in [1.54, 1.807) is 7.11 Å². The third kappa shape index (κ3) is 6.62. The van der Waals surface area contributed by atoms with Gasteiger partial charge in [0.1, 0.15) is 12.3 Å². The van der Waals surface area contributed by atoms with Gasteiger partial charge < -0.3 is 20.3 Å². The number of rotatable bonds is 6. The van der Waals surface area contributed by atoms with E-state index in [9.17, 15) is 4.79 Å². The fourth-order valence-corrected chi connectivity index (χ4v) is 3.25. The summed E-state index contributed by atoms with van der Waals surface area (Å²) in [5, 5.41) is 6.23. The Balaban J connectivity index is 0.00000300. The second-order valence-electron chi connectivity index (χ2n) is 6.74. The molecular formula is C22H29IN4O2. The van der Waals surface area contributed by atoms with E-state index in [0.717, 1.165) is 43.3 Å². The maximum absolute atomic E-state index is 12.2. The standard InChI is InChI=1S/C22H28N4O2.HI/c1-3-23-22(26-13-12-18-6-4-5-7-19(18)16-26)25-15-21(27)24-14-17-8-10-20(28-2)11-9-17;/h4-11H,3,12-16H2,1-2H3,(H,23,25)(H,24,27);1H. The Labute approximate surface area is 189 Å². The van der Waals surface area contributed by atoms with Gasteiger partial charge in [0, 0.05) is 26.2 Å². The van der Waals surface area contributed by atoms with Crippen molar-refractivity contribution >= 4 is 35.8 Å². The van der Waals surface area contributed by atoms with Crippen molar-refractivity contribution in [2.24, 2.45) is 4.99 Å². The predicted octanol–water partition coefficient (Wildman–Crippen LogP) is 2.95. The Kier molecular flexibility index (Phi) is 9.24. The van der Waals surface area contributed by atoms with Crippen molar-refractivity contribution in [1.29, 1.82) is 0 Å². The molecule has 0 aliphatic carbocycles. The number of hydrogen-bond donors (Lipinski definition) is 2. The number of amides is 1. The van der Waals surface area contributed by atoms with E-state index in [1.807, 2.05) is 31.2 Å². The van der Waals surface area contributed by atoms with Crippen LogP contribution in [0.25, 0.3) is 0 Å². The Morgan fingerprint density at radius 3 is 2.52 bits per heavy atom. The molecule has 0 bridgehead atoms. The number of fused-ring (bicyclic) bond motifs is 1. The molecule has 0 saturated carbocycles. The van der Waals surface area contributed by atoms with Gasteiger partial charge in [-0.25, -0.2) is 4.99 Å². The number of hydrogen-bond acceptors (Lipinski definition) is 3. The number of aliphatic imine (C=N–C) groups is 1. The van der Waals surface area contributed by atoms with Crippen molar-refractivity contribution in [2.45, 2.75) is 26.4 Å². The average molecular weight is 508 g/mol. The van der Waals surface area contributed by atoms with E-state index < -0.39 is 0 Å². The number of carbonyl (C=O) groups excluding carboxylic acids is 1. The van der Waals surface area contributed by atoms with E-state index in [0.29, 0.717) is 6.54 Å². The molecule has 3 rings (SSSR count). The first-order valence-electron chi connectivity index (χ1n) is 9.69. The summed E-state index contributed by atoms with van der Waals surface area (Å²) in [5.41, 5.74) is 3.74. The van der Waals surface area contributed by atoms with Crippen molar-refractivity contribution in [1.82, 2.24) is 15.5 Å². The summed E-state index contributed by atoms with van der Waals surface area (Å²) in [6.07, 6.45) is 0.990. The number of methoxy groups -OCH3 is 1. The summed E-state index contributed by atoms with van der Waals surface area (Å²) < 4.78 is 5.15. The lowest BCUT2D eigenvalue weighted by Gasteiger charge is -2.31. The molecule has 0 radical (unpaired) electrons. The molecule has 29 heavy (non-hydrogen) atoms. The Morgan fingerprint density at radius 1 is 1.10 bits per heavy atom. The van der Waals surface area contributed by atoms with Crippen molar-refractivity contribution in [3.63, 3.8) is 0 Å². The van der Waals surface area contributed by atoms with E-state index in [2.05, 4.69) is 44.8 Å². The average Bonchev–Trinajstić information content (AvgIpc) is 2.75. The van der Waals surface area contributed by atoms with Gasteiger partial charge in [-0.3, -0.25) is 4.79 Å². The molecular weight excluding hydrogens is 479 g/mol. The number of carbonyl (C=O) groups is 1. The molecule has 1 heterocycles. The smallest absolute Gasteiger partial charge is 0.242 e. The molecule has 1 aliphatic heterocycles. The Bertz CT molecular complexity index is 824. The van der Waals surface area contributed by atoms with Gasteiger partial charge >= 0.3 is 0 Å². The fourth-order valence-electron chi connectivity index (χ4n) is 3.25. The SMILES string of the molecule is CCNC(=NCC(=O)NCc1ccc(OC)cc1)N1CCc2ccccc2C1.I. The summed E-state index contributed by atoms with van der Waals surface area (Å²) in [6, 6.07) is 16.2. The van der Waals surface area contributed by atoms with Gasteiger partial charge in [0.2, 0.25) is 5.91 Å². The third-order valence-electron chi connectivity index (χ3n) is 4.79. The van der Waals surface area contributed by atoms with E-state index >= 15 is 0 Å². The monoisotopic (exact) mass is 508 g/mol. The van der Waals surface area contributed by atoms with Crippen LogP contribution in [0.3, 0.4) is 0 Å². The minimum absolute atomic E-state index is 0. The van der Waals surface area contributed by atoms with Crippen LogP contribution in [0.2, 0.25) is 0 Å². The largest absolute Gasteiger partial charge is 0.497 e. The maximum atomic E-state index is 12.2. The quantitative estimate of drug-likeness (QED) is 0.358. The summed E-state index contributed by atoms with van der Waals surface area (Å²) in [5.74, 6) is 1.50. The highest BCUT2D eigenvalue weighted by atomic mass is 127. The molecule has 156 valence electrons. The molecule has 0 spiro atoms. The van der Waals surface area contributed by atoms with Gasteiger partial charge in [0.15, 0.2) is 5.96 Å². The van der Waals surface area contributed by atoms with Crippen LogP contribution in [-0.4, -0.2) is 43.5 Å². The first-order chi connectivity index (χ1) is 13.7. The molecule has 0 saturated heterocycles. The molecule has 0 aromatic heterocycles. The molecule has 7 heteroatoms. The van der Waals surface area contributed by atoms with E-state index in [1.165, 1.54) is 11.1 Å². The lowest BCUT2D eigenvalue weighted by atomic mass is 10.0. The minimum Gasteiger partial charge on any atom is -0.497 e. The molecule has 1 amide bonds. The van der Waals surface area contributed by atoms with Gasteiger partial charge in [-0.05, 0) is 42.2 Å². The second-order valence-corrected chi connectivity index (χ2v) is 6.74. The molecule has 2 aromatic carbocycles. The molecule has 1 aliphatic rings. The minimum atomic E-state index is -0.0939. The van der Waals surface area contributed by atoms with Gasteiger partial charge in [0.25, 0.3) is 0 Å². The Morgan fingerprint density at radius 2 is 1.83 bits per heavy atom. The van der Waals surface area contributed by atoms with E-state index in [4.69, 9.17) is 4.74 Å². The van der Waals surface area contributed by atoms with Crippen LogP contribution < -0.4 is 15.4 Å². The third-order valence-corrected chi connectivity index (χ3v) is 4.79. The van der Waals surface area contributed by atoms with Gasteiger partial charge in [-0.1, -0.05) is 36.4 Å². The van der Waals surface area contributed by atoms with Crippen LogP contribution in [0.4, 0.5) is 0 Å². The summed E-state index contributed by atoms with van der Waals surface area (Å²) in [7, 11) is 1.64. The fraction of sp³-hybridized carbons (Fsp3) is 0.364. The zero-order valence-corrected chi connectivity index (χ0v) is 19.3. The van der Waals surface area contributed by atoms with Crippen molar-refractivity contribution in [2.75, 3.05) is 26.7 Å². The predicted molar refractivity (Wildman–Crippen MR) is 127 cm³/mol. The van der Waals surface area contributed by atoms with Crippen LogP contribution in [0.15, 0.2) is 53.5 Å². The van der Waals surface area contributed by atoms with Crippen molar-refractivity contribution in [3.05, 3.63) is 65.2 Å². The van der Waals surface area contributed by atoms with Crippen molar-refractivity contribution in [3.8, 4) is 5.75 Å². The number of guanidine groups is 1. The van der Waals surface area contributed by atoms with Crippen LogP contribution in [0, 0.1) is 0 Å². The lowest BCUT2D eigenvalue weighted by Crippen LogP contribution is -2.44. The number of benzene rings is 2. The van der Waals surface area contributed by atoms with Crippen molar-refractivity contribution < 1.29 is 9.53 Å². The molecule has 0 atom stereocenters. The normalized spacial score (nSPS) is 13.2. The van der Waals surface area contributed by atoms with Crippen LogP contribution in [-0.2, 0) is 24.3 Å². The summed E-state index contributed by atoms with van der Waals surface area (Å²) in [4.78, 5) is 19.0. The number of halogens is 1. The number of nitrogens with zero attached hydrogens (tertiary/aromatic N) is 2. The number of nitrogens with one attached hydrogen (secondary N) is 2. The highest BCUT2D eigenvalue weighted by Gasteiger charge is 2.18. The topological polar surface area (TPSA) is 66.0 Å². The molecule has 6 nitrogen and oxygen atoms in total. The zero-order chi connectivity index (χ0) is 19.8. The molecule has 0 fully saturated rings. The highest BCUT2D eigenvalue weighted by Crippen LogP contribution is 2.18. The maximum Gasteiger partial charge on any atom is 0.242 e. The summed E-state index contributed by atoms with van der Waals surface area (Å²) in [6.45, 7) is 5.11. The summed E-state index contributed by atoms with van der Waals surface area (Å²) >= 11 is 0. The van der Waals surface area contributed by atoms with Crippen LogP contribution in [0.5, 0.6) is 5.75 Å². The first-order valence-corrected chi connectivity index (χ1v) is 9.69. The first kappa shape index (κ1) is 23.0. The molecule has 0 unspecified atom stereocenters. The van der Waals surface area contributed by atoms with Gasteiger partial charge in [-0.15, -0.1) is 24.0 Å². The molecule has 2 aromatic rings. The number of ether oxygens (including phenoxy) is 1. The second kappa shape index (κ2) is 11.6. The molecule has 2 N–H and O–H groups in total. The van der Waals surface area contributed by atoms with Crippen LogP contribution in [0.1, 0.15) is 23.6 Å². The zero-order valence-electron chi connectivity index (χ0n) is 17.0.